The van der Waals surface area contributed by atoms with Crippen LogP contribution in [-0.4, -0.2) is 44.8 Å². The topological polar surface area (TPSA) is 60.2 Å². The summed E-state index contributed by atoms with van der Waals surface area (Å²) in [5.74, 6) is 2.64. The van der Waals surface area contributed by atoms with E-state index in [4.69, 9.17) is 4.74 Å². The summed E-state index contributed by atoms with van der Waals surface area (Å²) >= 11 is 0. The first kappa shape index (κ1) is 13.5. The molecule has 0 spiro atoms. The van der Waals surface area contributed by atoms with Crippen molar-refractivity contribution in [2.75, 3.05) is 13.2 Å². The first-order valence-corrected chi connectivity index (χ1v) is 7.50. The van der Waals surface area contributed by atoms with Crippen molar-refractivity contribution in [1.82, 2.24) is 19.7 Å². The van der Waals surface area contributed by atoms with E-state index >= 15 is 0 Å². The van der Waals surface area contributed by atoms with Crippen LogP contribution in [0.2, 0.25) is 0 Å². The quantitative estimate of drug-likeness (QED) is 0.806. The zero-order valence-corrected chi connectivity index (χ0v) is 12.2. The lowest BCUT2D eigenvalue weighted by Crippen LogP contribution is -2.44. The average Bonchev–Trinajstić information content (AvgIpc) is 3.21. The fourth-order valence-corrected chi connectivity index (χ4v) is 2.56. The Morgan fingerprint density at radius 2 is 2.20 bits per heavy atom. The van der Waals surface area contributed by atoms with Gasteiger partial charge in [0, 0.05) is 19.5 Å². The number of nitrogens with zero attached hydrogens (tertiary/aromatic N) is 4. The van der Waals surface area contributed by atoms with Gasteiger partial charge in [-0.1, -0.05) is 6.92 Å². The number of carbonyl (C=O) groups is 1. The van der Waals surface area contributed by atoms with Crippen LogP contribution in [0, 0.1) is 5.92 Å². The lowest BCUT2D eigenvalue weighted by Gasteiger charge is -2.29. The molecule has 2 heterocycles. The summed E-state index contributed by atoms with van der Waals surface area (Å²) in [5, 5.41) is 8.35. The Bertz CT molecular complexity index is 495. The number of hydrogen-bond acceptors (Lipinski definition) is 4. The van der Waals surface area contributed by atoms with Crippen LogP contribution in [0.1, 0.15) is 38.3 Å². The van der Waals surface area contributed by atoms with Crippen LogP contribution >= 0.6 is 0 Å². The van der Waals surface area contributed by atoms with E-state index in [1.54, 1.807) is 0 Å². The second-order valence-corrected chi connectivity index (χ2v) is 5.72. The van der Waals surface area contributed by atoms with Gasteiger partial charge in [0.15, 0.2) is 5.82 Å². The predicted octanol–water partition coefficient (Wildman–Crippen LogP) is 0.998. The molecule has 0 radical (unpaired) electrons. The van der Waals surface area contributed by atoms with Gasteiger partial charge in [0.1, 0.15) is 11.9 Å². The van der Waals surface area contributed by atoms with Gasteiger partial charge < -0.3 is 14.2 Å². The SMILES string of the molecule is CCc1nnc2n1CCN(C(=O)[C@@H](C)OCC1CC1)C2. The van der Waals surface area contributed by atoms with Crippen molar-refractivity contribution in [3.8, 4) is 0 Å². The van der Waals surface area contributed by atoms with Crippen molar-refractivity contribution in [3.05, 3.63) is 11.6 Å². The summed E-state index contributed by atoms with van der Waals surface area (Å²) in [5.41, 5.74) is 0. The lowest BCUT2D eigenvalue weighted by atomic mass is 10.2. The van der Waals surface area contributed by atoms with Gasteiger partial charge in [-0.15, -0.1) is 10.2 Å². The van der Waals surface area contributed by atoms with Crippen molar-refractivity contribution in [2.45, 2.75) is 52.3 Å². The first-order valence-electron chi connectivity index (χ1n) is 7.50. The van der Waals surface area contributed by atoms with Gasteiger partial charge in [0.05, 0.1) is 13.2 Å². The number of aromatic nitrogens is 3. The summed E-state index contributed by atoms with van der Waals surface area (Å²) in [6.45, 7) is 6.69. The molecule has 1 aliphatic carbocycles. The monoisotopic (exact) mass is 278 g/mol. The van der Waals surface area contributed by atoms with E-state index in [9.17, 15) is 4.79 Å². The molecule has 0 N–H and O–H groups in total. The van der Waals surface area contributed by atoms with Crippen LogP contribution in [-0.2, 0) is 29.0 Å². The molecule has 1 amide bonds. The lowest BCUT2D eigenvalue weighted by molar-refractivity contribution is -0.144. The summed E-state index contributed by atoms with van der Waals surface area (Å²) in [7, 11) is 0. The fraction of sp³-hybridized carbons (Fsp3) is 0.786. The molecule has 1 aromatic rings. The van der Waals surface area contributed by atoms with Gasteiger partial charge in [0.25, 0.3) is 5.91 Å². The van der Waals surface area contributed by atoms with Gasteiger partial charge in [0.2, 0.25) is 0 Å². The Labute approximate surface area is 119 Å². The molecule has 1 fully saturated rings. The van der Waals surface area contributed by atoms with Gasteiger partial charge in [-0.25, -0.2) is 0 Å². The fourth-order valence-electron chi connectivity index (χ4n) is 2.56. The predicted molar refractivity (Wildman–Crippen MR) is 73.0 cm³/mol. The van der Waals surface area contributed by atoms with E-state index in [2.05, 4.69) is 21.7 Å². The van der Waals surface area contributed by atoms with E-state index < -0.39 is 0 Å². The molecule has 1 aliphatic heterocycles. The number of carbonyl (C=O) groups excluding carboxylic acids is 1. The molecule has 1 aromatic heterocycles. The Balaban J connectivity index is 1.59. The van der Waals surface area contributed by atoms with Crippen LogP contribution in [0.4, 0.5) is 0 Å². The summed E-state index contributed by atoms with van der Waals surface area (Å²) in [6.07, 6.45) is 3.01. The third kappa shape index (κ3) is 2.70. The maximum Gasteiger partial charge on any atom is 0.251 e. The summed E-state index contributed by atoms with van der Waals surface area (Å²) < 4.78 is 7.79. The zero-order valence-electron chi connectivity index (χ0n) is 12.2. The molecule has 3 rings (SSSR count). The second-order valence-electron chi connectivity index (χ2n) is 5.72. The Morgan fingerprint density at radius 3 is 2.90 bits per heavy atom. The highest BCUT2D eigenvalue weighted by Gasteiger charge is 2.29. The van der Waals surface area contributed by atoms with Crippen molar-refractivity contribution in [1.29, 1.82) is 0 Å². The van der Waals surface area contributed by atoms with Gasteiger partial charge in [-0.2, -0.15) is 0 Å². The molecule has 0 unspecified atom stereocenters. The molecule has 0 bridgehead atoms. The molecule has 0 aromatic carbocycles. The number of aryl methyl sites for hydroxylation is 1. The highest BCUT2D eigenvalue weighted by molar-refractivity contribution is 5.80. The maximum atomic E-state index is 12.4. The van der Waals surface area contributed by atoms with E-state index in [0.717, 1.165) is 31.2 Å². The number of amides is 1. The Morgan fingerprint density at radius 1 is 1.40 bits per heavy atom. The van der Waals surface area contributed by atoms with Crippen LogP contribution in [0.25, 0.3) is 0 Å². The maximum absolute atomic E-state index is 12.4. The molecule has 20 heavy (non-hydrogen) atoms. The number of hydrogen-bond donors (Lipinski definition) is 0. The number of rotatable bonds is 5. The third-order valence-corrected chi connectivity index (χ3v) is 4.08. The van der Waals surface area contributed by atoms with Crippen molar-refractivity contribution in [3.63, 3.8) is 0 Å². The van der Waals surface area contributed by atoms with Gasteiger partial charge >= 0.3 is 0 Å². The summed E-state index contributed by atoms with van der Waals surface area (Å²) in [4.78, 5) is 14.2. The number of ether oxygens (including phenoxy) is 1. The van der Waals surface area contributed by atoms with Gasteiger partial charge in [-0.05, 0) is 25.7 Å². The van der Waals surface area contributed by atoms with E-state index in [0.29, 0.717) is 19.0 Å². The highest BCUT2D eigenvalue weighted by atomic mass is 16.5. The molecule has 0 saturated heterocycles. The molecule has 1 atom stereocenters. The number of fused-ring (bicyclic) bond motifs is 1. The van der Waals surface area contributed by atoms with E-state index in [1.807, 2.05) is 11.8 Å². The smallest absolute Gasteiger partial charge is 0.251 e. The van der Waals surface area contributed by atoms with Crippen molar-refractivity contribution < 1.29 is 9.53 Å². The molecule has 6 nitrogen and oxygen atoms in total. The summed E-state index contributed by atoms with van der Waals surface area (Å²) in [6, 6.07) is 0. The molecule has 1 saturated carbocycles. The average molecular weight is 278 g/mol. The third-order valence-electron chi connectivity index (χ3n) is 4.08. The standard InChI is InChI=1S/C14H22N4O2/c1-3-12-15-16-13-8-17(6-7-18(12)13)14(19)10(2)20-9-11-4-5-11/h10-11H,3-9H2,1-2H3/t10-/m1/s1. The molecule has 110 valence electrons. The normalized spacial score (nSPS) is 19.8. The van der Waals surface area contributed by atoms with Crippen LogP contribution in [0.5, 0.6) is 0 Å². The highest BCUT2D eigenvalue weighted by Crippen LogP contribution is 2.29. The van der Waals surface area contributed by atoms with Gasteiger partial charge in [-0.3, -0.25) is 4.79 Å². The minimum absolute atomic E-state index is 0.0675. The van der Waals surface area contributed by atoms with E-state index in [-0.39, 0.29) is 12.0 Å². The molecule has 6 heteroatoms. The minimum atomic E-state index is -0.351. The van der Waals surface area contributed by atoms with E-state index in [1.165, 1.54) is 12.8 Å². The minimum Gasteiger partial charge on any atom is -0.368 e. The molecular weight excluding hydrogens is 256 g/mol. The van der Waals surface area contributed by atoms with Crippen LogP contribution < -0.4 is 0 Å². The van der Waals surface area contributed by atoms with Crippen molar-refractivity contribution in [2.24, 2.45) is 5.92 Å². The molecule has 2 aliphatic rings. The first-order chi connectivity index (χ1) is 9.69. The van der Waals surface area contributed by atoms with Crippen LogP contribution in [0.3, 0.4) is 0 Å². The Hall–Kier alpha value is -1.43. The zero-order chi connectivity index (χ0) is 14.1. The van der Waals surface area contributed by atoms with Crippen molar-refractivity contribution >= 4 is 5.91 Å². The largest absolute Gasteiger partial charge is 0.368 e. The van der Waals surface area contributed by atoms with Crippen LogP contribution in [0.15, 0.2) is 0 Å². The second kappa shape index (κ2) is 5.52. The Kier molecular flexibility index (Phi) is 3.74. The molecular formula is C14H22N4O2.